The van der Waals surface area contributed by atoms with Crippen molar-refractivity contribution in [3.8, 4) is 0 Å². The third kappa shape index (κ3) is 2.11. The minimum atomic E-state index is -1.39. The topological polar surface area (TPSA) is 12.0 Å². The second-order valence-electron chi connectivity index (χ2n) is 3.93. The van der Waals surface area contributed by atoms with Crippen LogP contribution in [0.3, 0.4) is 0 Å². The molecule has 16 heavy (non-hydrogen) atoms. The first kappa shape index (κ1) is 11.9. The van der Waals surface area contributed by atoms with E-state index >= 15 is 0 Å². The van der Waals surface area contributed by atoms with Gasteiger partial charge in [-0.3, -0.25) is 0 Å². The molecule has 1 aromatic carbocycles. The van der Waals surface area contributed by atoms with Crippen LogP contribution in [0, 0.1) is 17.5 Å². The van der Waals surface area contributed by atoms with Gasteiger partial charge in [0.15, 0.2) is 17.5 Å². The van der Waals surface area contributed by atoms with Crippen LogP contribution in [0.4, 0.5) is 13.2 Å². The average molecular weight is 294 g/mol. The molecule has 1 saturated heterocycles. The summed E-state index contributed by atoms with van der Waals surface area (Å²) in [5.41, 5.74) is 0.248. The maximum Gasteiger partial charge on any atom is 0.195 e. The van der Waals surface area contributed by atoms with E-state index in [2.05, 4.69) is 21.2 Å². The van der Waals surface area contributed by atoms with E-state index in [0.717, 1.165) is 19.4 Å². The van der Waals surface area contributed by atoms with Crippen LogP contribution in [0.2, 0.25) is 0 Å². The lowest BCUT2D eigenvalue weighted by atomic mass is 9.91. The summed E-state index contributed by atoms with van der Waals surface area (Å²) in [6.45, 7) is 1.50. The van der Waals surface area contributed by atoms with Gasteiger partial charge in [-0.25, -0.2) is 13.2 Å². The molecule has 1 atom stereocenters. The summed E-state index contributed by atoms with van der Waals surface area (Å²) >= 11 is 2.90. The molecule has 5 heteroatoms. The number of benzene rings is 1. The molecule has 0 amide bonds. The van der Waals surface area contributed by atoms with Crippen LogP contribution in [-0.2, 0) is 0 Å². The molecule has 0 spiro atoms. The predicted octanol–water partition coefficient (Wildman–Crippen LogP) is 3.33. The Bertz CT molecular complexity index is 403. The zero-order valence-electron chi connectivity index (χ0n) is 8.49. The van der Waals surface area contributed by atoms with E-state index in [1.54, 1.807) is 0 Å². The van der Waals surface area contributed by atoms with Crippen molar-refractivity contribution < 1.29 is 13.2 Å². The fourth-order valence-electron chi connectivity index (χ4n) is 2.01. The Hall–Kier alpha value is -0.550. The lowest BCUT2D eigenvalue weighted by Gasteiger charge is -2.23. The second-order valence-corrected chi connectivity index (χ2v) is 4.79. The molecule has 0 aliphatic carbocycles. The molecule has 88 valence electrons. The molecule has 1 nitrogen and oxygen atoms in total. The lowest BCUT2D eigenvalue weighted by molar-refractivity contribution is 0.409. The molecule has 1 aliphatic heterocycles. The van der Waals surface area contributed by atoms with E-state index < -0.39 is 17.5 Å². The summed E-state index contributed by atoms with van der Waals surface area (Å²) < 4.78 is 39.8. The van der Waals surface area contributed by atoms with Gasteiger partial charge < -0.3 is 5.32 Å². The smallest absolute Gasteiger partial charge is 0.195 e. The summed E-state index contributed by atoms with van der Waals surface area (Å²) in [7, 11) is 0. The first-order valence-corrected chi connectivity index (χ1v) is 5.94. The van der Waals surface area contributed by atoms with E-state index in [4.69, 9.17) is 0 Å². The number of rotatable bonds is 1. The highest BCUT2D eigenvalue weighted by Crippen LogP contribution is 2.31. The SMILES string of the molecule is Fc1c(Br)cc(C2CCCNC2)c(F)c1F. The fourth-order valence-corrected chi connectivity index (χ4v) is 2.43. The number of piperidine rings is 1. The maximum atomic E-state index is 13.6. The van der Waals surface area contributed by atoms with E-state index in [1.165, 1.54) is 6.07 Å². The van der Waals surface area contributed by atoms with Crippen LogP contribution in [0.5, 0.6) is 0 Å². The monoisotopic (exact) mass is 293 g/mol. The van der Waals surface area contributed by atoms with Crippen LogP contribution in [0.25, 0.3) is 0 Å². The highest BCUT2D eigenvalue weighted by Gasteiger charge is 2.24. The number of hydrogen-bond acceptors (Lipinski definition) is 1. The molecule has 1 fully saturated rings. The zero-order valence-corrected chi connectivity index (χ0v) is 10.1. The molecule has 0 saturated carbocycles. The van der Waals surface area contributed by atoms with Gasteiger partial charge in [-0.2, -0.15) is 0 Å². The van der Waals surface area contributed by atoms with Crippen molar-refractivity contribution in [2.45, 2.75) is 18.8 Å². The van der Waals surface area contributed by atoms with Gasteiger partial charge in [-0.15, -0.1) is 0 Å². The Kier molecular flexibility index (Phi) is 3.54. The molecule has 2 rings (SSSR count). The van der Waals surface area contributed by atoms with E-state index in [-0.39, 0.29) is 16.0 Å². The molecule has 0 bridgehead atoms. The van der Waals surface area contributed by atoms with Crippen LogP contribution < -0.4 is 5.32 Å². The minimum absolute atomic E-state index is 0.0213. The average Bonchev–Trinajstić information content (AvgIpc) is 2.32. The van der Waals surface area contributed by atoms with Crippen LogP contribution in [0.1, 0.15) is 24.3 Å². The molecule has 1 heterocycles. The molecular formula is C11H11BrF3N. The minimum Gasteiger partial charge on any atom is -0.316 e. The first-order chi connectivity index (χ1) is 7.61. The molecule has 0 radical (unpaired) electrons. The first-order valence-electron chi connectivity index (χ1n) is 5.15. The fraction of sp³-hybridized carbons (Fsp3) is 0.455. The molecular weight excluding hydrogens is 283 g/mol. The van der Waals surface area contributed by atoms with Gasteiger partial charge in [0.05, 0.1) is 4.47 Å². The normalized spacial score (nSPS) is 21.1. The highest BCUT2D eigenvalue weighted by molar-refractivity contribution is 9.10. The second kappa shape index (κ2) is 4.75. The number of hydrogen-bond donors (Lipinski definition) is 1. The maximum absolute atomic E-state index is 13.6. The lowest BCUT2D eigenvalue weighted by Crippen LogP contribution is -2.29. The Morgan fingerprint density at radius 1 is 1.19 bits per heavy atom. The van der Waals surface area contributed by atoms with Gasteiger partial charge in [0.2, 0.25) is 0 Å². The van der Waals surface area contributed by atoms with Gasteiger partial charge in [0.1, 0.15) is 0 Å². The zero-order chi connectivity index (χ0) is 11.7. The van der Waals surface area contributed by atoms with E-state index in [0.29, 0.717) is 6.54 Å². The summed E-state index contributed by atoms with van der Waals surface area (Å²) in [6, 6.07) is 1.34. The third-order valence-electron chi connectivity index (χ3n) is 2.87. The van der Waals surface area contributed by atoms with Crippen molar-refractivity contribution in [2.24, 2.45) is 0 Å². The van der Waals surface area contributed by atoms with E-state index in [9.17, 15) is 13.2 Å². The Balaban J connectivity index is 2.40. The summed E-state index contributed by atoms with van der Waals surface area (Å²) in [5, 5.41) is 3.12. The summed E-state index contributed by atoms with van der Waals surface area (Å²) in [4.78, 5) is 0. The van der Waals surface area contributed by atoms with Crippen molar-refractivity contribution in [2.75, 3.05) is 13.1 Å². The largest absolute Gasteiger partial charge is 0.316 e. The molecule has 0 aromatic heterocycles. The summed E-state index contributed by atoms with van der Waals surface area (Å²) in [5.74, 6) is -3.70. The van der Waals surface area contributed by atoms with Crippen LogP contribution >= 0.6 is 15.9 Å². The standard InChI is InChI=1S/C11H11BrF3N/c12-8-4-7(6-2-1-3-16-5-6)9(13)11(15)10(8)14/h4,6,16H,1-3,5H2. The van der Waals surface area contributed by atoms with Crippen molar-refractivity contribution in [1.29, 1.82) is 0 Å². The van der Waals surface area contributed by atoms with Gasteiger partial charge >= 0.3 is 0 Å². The third-order valence-corrected chi connectivity index (χ3v) is 3.44. The molecule has 1 aliphatic rings. The van der Waals surface area contributed by atoms with E-state index in [1.807, 2.05) is 0 Å². The van der Waals surface area contributed by atoms with Gasteiger partial charge in [0, 0.05) is 6.54 Å². The molecule has 1 unspecified atom stereocenters. The van der Waals surface area contributed by atoms with Gasteiger partial charge in [-0.1, -0.05) is 0 Å². The van der Waals surface area contributed by atoms with Crippen molar-refractivity contribution in [1.82, 2.24) is 5.32 Å². The van der Waals surface area contributed by atoms with Gasteiger partial charge in [0.25, 0.3) is 0 Å². The highest BCUT2D eigenvalue weighted by atomic mass is 79.9. The number of nitrogens with one attached hydrogen (secondary N) is 1. The van der Waals surface area contributed by atoms with Crippen molar-refractivity contribution in [3.05, 3.63) is 33.6 Å². The van der Waals surface area contributed by atoms with Crippen LogP contribution in [-0.4, -0.2) is 13.1 Å². The molecule has 1 aromatic rings. The van der Waals surface area contributed by atoms with Gasteiger partial charge in [-0.05, 0) is 52.9 Å². The Morgan fingerprint density at radius 3 is 2.56 bits per heavy atom. The quantitative estimate of drug-likeness (QED) is 0.619. The Morgan fingerprint density at radius 2 is 1.94 bits per heavy atom. The van der Waals surface area contributed by atoms with Crippen LogP contribution in [0.15, 0.2) is 10.5 Å². The number of halogens is 4. The Labute approximate surface area is 100 Å². The van der Waals surface area contributed by atoms with Crippen molar-refractivity contribution in [3.63, 3.8) is 0 Å². The van der Waals surface area contributed by atoms with Crippen molar-refractivity contribution >= 4 is 15.9 Å². The summed E-state index contributed by atoms with van der Waals surface area (Å²) in [6.07, 6.45) is 1.71. The predicted molar refractivity (Wildman–Crippen MR) is 58.9 cm³/mol. The molecule has 1 N–H and O–H groups in total.